The summed E-state index contributed by atoms with van der Waals surface area (Å²) in [6.45, 7) is 10.4. The van der Waals surface area contributed by atoms with Crippen LogP contribution in [0.5, 0.6) is 34.5 Å². The third-order valence-corrected chi connectivity index (χ3v) is 11.7. The standard InChI is InChI=1S/C60H58N4O6/c1-43-25-45(3)63(61-43)60(64-46(4)26-44(2)62-64)33-51-27-54(69-41-52-29-56(65-37-47-17-9-5-10-18-47)35-57(30-52)66-38-48-19-11-6-12-20-48)34-55(28-51)70-42-53-31-58(67-39-49-21-13-7-14-22-49)36-59(32-53)68-40-50-23-15-8-16-24-50/h5-32,34-36,60H,33,37-42H2,1-4H3. The molecule has 7 aromatic carbocycles. The Hall–Kier alpha value is -8.24. The summed E-state index contributed by atoms with van der Waals surface area (Å²) in [4.78, 5) is 0. The fourth-order valence-corrected chi connectivity index (χ4v) is 8.36. The van der Waals surface area contributed by atoms with Gasteiger partial charge in [-0.1, -0.05) is 121 Å². The lowest BCUT2D eigenvalue weighted by Crippen LogP contribution is -2.25. The summed E-state index contributed by atoms with van der Waals surface area (Å²) < 4.78 is 42.9. The van der Waals surface area contributed by atoms with Crippen molar-refractivity contribution in [2.45, 2.75) is 79.9 Å². The van der Waals surface area contributed by atoms with E-state index in [1.807, 2.05) is 129 Å². The van der Waals surface area contributed by atoms with Crippen molar-refractivity contribution in [3.8, 4) is 34.5 Å². The van der Waals surface area contributed by atoms with E-state index in [4.69, 9.17) is 38.6 Å². The summed E-state index contributed by atoms with van der Waals surface area (Å²) in [6.07, 6.45) is 0.300. The first kappa shape index (κ1) is 46.9. The van der Waals surface area contributed by atoms with E-state index in [0.29, 0.717) is 67.3 Å². The maximum atomic E-state index is 6.72. The first-order valence-electron chi connectivity index (χ1n) is 23.6. The molecular weight excluding hydrogens is 873 g/mol. The highest BCUT2D eigenvalue weighted by Gasteiger charge is 2.22. The van der Waals surface area contributed by atoms with Crippen LogP contribution in [-0.2, 0) is 46.1 Å². The molecule has 0 aliphatic rings. The van der Waals surface area contributed by atoms with Gasteiger partial charge in [-0.25, -0.2) is 9.36 Å². The summed E-state index contributed by atoms with van der Waals surface area (Å²) in [5, 5.41) is 9.89. The quantitative estimate of drug-likeness (QED) is 0.0664. The Morgan fingerprint density at radius 1 is 0.314 bits per heavy atom. The minimum Gasteiger partial charge on any atom is -0.489 e. The fourth-order valence-electron chi connectivity index (χ4n) is 8.36. The molecule has 0 radical (unpaired) electrons. The van der Waals surface area contributed by atoms with E-state index in [-0.39, 0.29) is 19.4 Å². The molecule has 0 spiro atoms. The molecular formula is C60H58N4O6. The second kappa shape index (κ2) is 22.7. The molecule has 0 fully saturated rings. The summed E-state index contributed by atoms with van der Waals surface area (Å²) in [7, 11) is 0. The Balaban J connectivity index is 1.01. The molecule has 0 unspecified atom stereocenters. The van der Waals surface area contributed by atoms with Gasteiger partial charge >= 0.3 is 0 Å². The molecule has 0 aliphatic carbocycles. The van der Waals surface area contributed by atoms with E-state index in [9.17, 15) is 0 Å². The molecule has 9 aromatic rings. The normalized spacial score (nSPS) is 11.1. The summed E-state index contributed by atoms with van der Waals surface area (Å²) in [5.74, 6) is 4.02. The van der Waals surface area contributed by atoms with Crippen LogP contribution in [0.15, 0.2) is 188 Å². The van der Waals surface area contributed by atoms with Crippen molar-refractivity contribution in [2.75, 3.05) is 0 Å². The molecule has 9 rings (SSSR count). The van der Waals surface area contributed by atoms with E-state index in [1.54, 1.807) is 0 Å². The molecule has 0 bridgehead atoms. The van der Waals surface area contributed by atoms with Crippen LogP contribution in [0.25, 0.3) is 0 Å². The van der Waals surface area contributed by atoms with E-state index in [0.717, 1.165) is 61.7 Å². The second-order valence-electron chi connectivity index (χ2n) is 17.5. The van der Waals surface area contributed by atoms with Gasteiger partial charge in [0.05, 0.1) is 11.4 Å². The first-order chi connectivity index (χ1) is 34.2. The topological polar surface area (TPSA) is 91.0 Å². The number of benzene rings is 7. The zero-order valence-corrected chi connectivity index (χ0v) is 40.2. The molecule has 70 heavy (non-hydrogen) atoms. The third-order valence-electron chi connectivity index (χ3n) is 11.7. The maximum Gasteiger partial charge on any atom is 0.147 e. The van der Waals surface area contributed by atoms with Gasteiger partial charge in [0, 0.05) is 36.0 Å². The summed E-state index contributed by atoms with van der Waals surface area (Å²) in [5.41, 5.74) is 11.0. The number of nitrogens with zero attached hydrogens (tertiary/aromatic N) is 4. The number of aromatic nitrogens is 4. The first-order valence-corrected chi connectivity index (χ1v) is 23.6. The average molecular weight is 931 g/mol. The van der Waals surface area contributed by atoms with Crippen molar-refractivity contribution in [3.63, 3.8) is 0 Å². The maximum absolute atomic E-state index is 6.72. The van der Waals surface area contributed by atoms with Crippen molar-refractivity contribution < 1.29 is 28.4 Å². The van der Waals surface area contributed by atoms with Gasteiger partial charge in [-0.3, -0.25) is 0 Å². The Morgan fingerprint density at radius 2 is 0.571 bits per heavy atom. The van der Waals surface area contributed by atoms with Gasteiger partial charge in [0.2, 0.25) is 0 Å². The van der Waals surface area contributed by atoms with Crippen molar-refractivity contribution in [1.29, 1.82) is 0 Å². The molecule has 2 heterocycles. The number of rotatable bonds is 22. The summed E-state index contributed by atoms with van der Waals surface area (Å²) in [6, 6.07) is 62.7. The zero-order chi connectivity index (χ0) is 48.1. The smallest absolute Gasteiger partial charge is 0.147 e. The van der Waals surface area contributed by atoms with Crippen LogP contribution in [0.1, 0.15) is 67.9 Å². The zero-order valence-electron chi connectivity index (χ0n) is 40.2. The van der Waals surface area contributed by atoms with Crippen molar-refractivity contribution in [3.05, 3.63) is 250 Å². The van der Waals surface area contributed by atoms with Crippen LogP contribution in [0.2, 0.25) is 0 Å². The van der Waals surface area contributed by atoms with E-state index in [1.165, 1.54) is 0 Å². The van der Waals surface area contributed by atoms with Crippen LogP contribution >= 0.6 is 0 Å². The molecule has 0 amide bonds. The molecule has 0 N–H and O–H groups in total. The lowest BCUT2D eigenvalue weighted by atomic mass is 10.1. The monoisotopic (exact) mass is 930 g/mol. The average Bonchev–Trinajstić information content (AvgIpc) is 3.92. The molecule has 2 aromatic heterocycles. The van der Waals surface area contributed by atoms with Gasteiger partial charge in [0.25, 0.3) is 0 Å². The molecule has 354 valence electrons. The highest BCUT2D eigenvalue weighted by molar-refractivity contribution is 5.43. The van der Waals surface area contributed by atoms with Gasteiger partial charge in [-0.05, 0) is 115 Å². The number of ether oxygens (including phenoxy) is 6. The van der Waals surface area contributed by atoms with E-state index >= 15 is 0 Å². The van der Waals surface area contributed by atoms with Gasteiger partial charge in [-0.2, -0.15) is 10.2 Å². The predicted octanol–water partition coefficient (Wildman–Crippen LogP) is 13.1. The molecule has 0 saturated carbocycles. The van der Waals surface area contributed by atoms with Gasteiger partial charge in [-0.15, -0.1) is 0 Å². The Kier molecular flexibility index (Phi) is 15.2. The summed E-state index contributed by atoms with van der Waals surface area (Å²) >= 11 is 0. The van der Waals surface area contributed by atoms with Gasteiger partial charge in [0.15, 0.2) is 0 Å². The number of hydrogen-bond acceptors (Lipinski definition) is 8. The molecule has 10 nitrogen and oxygen atoms in total. The van der Waals surface area contributed by atoms with Crippen molar-refractivity contribution >= 4 is 0 Å². The van der Waals surface area contributed by atoms with Crippen LogP contribution < -0.4 is 28.4 Å². The number of aryl methyl sites for hydroxylation is 4. The largest absolute Gasteiger partial charge is 0.489 e. The minimum atomic E-state index is -0.254. The van der Waals surface area contributed by atoms with Gasteiger partial charge < -0.3 is 28.4 Å². The van der Waals surface area contributed by atoms with Gasteiger partial charge in [0.1, 0.15) is 80.3 Å². The fraction of sp³-hybridized carbons (Fsp3) is 0.200. The lowest BCUT2D eigenvalue weighted by Gasteiger charge is -2.22. The van der Waals surface area contributed by atoms with E-state index in [2.05, 4.69) is 96.0 Å². The molecule has 0 aliphatic heterocycles. The van der Waals surface area contributed by atoms with Crippen LogP contribution in [0.4, 0.5) is 0 Å². The van der Waals surface area contributed by atoms with Crippen molar-refractivity contribution in [2.24, 2.45) is 0 Å². The lowest BCUT2D eigenvalue weighted by molar-refractivity contribution is 0.275. The molecule has 0 atom stereocenters. The number of hydrogen-bond donors (Lipinski definition) is 0. The minimum absolute atomic E-state index is 0.244. The second-order valence-corrected chi connectivity index (χ2v) is 17.5. The van der Waals surface area contributed by atoms with Crippen LogP contribution in [0.3, 0.4) is 0 Å². The van der Waals surface area contributed by atoms with Crippen molar-refractivity contribution in [1.82, 2.24) is 19.6 Å². The molecule has 0 saturated heterocycles. The highest BCUT2D eigenvalue weighted by atomic mass is 16.5. The van der Waals surface area contributed by atoms with Crippen LogP contribution in [-0.4, -0.2) is 19.6 Å². The SMILES string of the molecule is Cc1cc(C)n(C(Cc2cc(OCc3cc(OCc4ccccc4)cc(OCc4ccccc4)c3)cc(OCc3cc(OCc4ccccc4)cc(OCc4ccccc4)c3)c2)n2nc(C)cc2C)n1. The molecule has 10 heteroatoms. The predicted molar refractivity (Wildman–Crippen MR) is 273 cm³/mol. The Labute approximate surface area is 410 Å². The van der Waals surface area contributed by atoms with E-state index < -0.39 is 0 Å². The highest BCUT2D eigenvalue weighted by Crippen LogP contribution is 2.32. The van der Waals surface area contributed by atoms with Crippen LogP contribution in [0, 0.1) is 27.7 Å². The Bertz CT molecular complexity index is 2760. The Morgan fingerprint density at radius 3 is 0.829 bits per heavy atom. The third kappa shape index (κ3) is 13.0.